The topological polar surface area (TPSA) is 78.9 Å². The number of nitrogens with zero attached hydrogens (tertiary/aromatic N) is 5. The lowest BCUT2D eigenvalue weighted by Crippen LogP contribution is -2.51. The Bertz CT molecular complexity index is 664. The van der Waals surface area contributed by atoms with E-state index in [-0.39, 0.29) is 23.7 Å². The standard InChI is InChI=1S/C20H29N5O3/c26-18(23-8-10-25(11-9-23)20-21-6-1-7-22-20)16-2-4-17(5-3-16)19(27)24-12-14-28-15-13-24/h1,6-7,16-17H,2-5,8-15H2. The normalized spacial score (nSPS) is 26.2. The van der Waals surface area contributed by atoms with E-state index in [0.29, 0.717) is 39.4 Å². The van der Waals surface area contributed by atoms with Crippen molar-refractivity contribution in [3.8, 4) is 0 Å². The fraction of sp³-hybridized carbons (Fsp3) is 0.700. The van der Waals surface area contributed by atoms with Crippen LogP contribution in [-0.4, -0.2) is 84.1 Å². The van der Waals surface area contributed by atoms with Crippen LogP contribution in [0.4, 0.5) is 5.95 Å². The third-order valence-corrected chi connectivity index (χ3v) is 6.17. The molecule has 1 aromatic heterocycles. The van der Waals surface area contributed by atoms with E-state index in [9.17, 15) is 9.59 Å². The van der Waals surface area contributed by atoms with Gasteiger partial charge in [0.1, 0.15) is 0 Å². The average Bonchev–Trinajstić information content (AvgIpc) is 2.79. The van der Waals surface area contributed by atoms with Crippen molar-refractivity contribution in [2.75, 3.05) is 57.4 Å². The van der Waals surface area contributed by atoms with Crippen molar-refractivity contribution in [2.45, 2.75) is 25.7 Å². The van der Waals surface area contributed by atoms with Crippen LogP contribution in [0.25, 0.3) is 0 Å². The van der Waals surface area contributed by atoms with Crippen molar-refractivity contribution in [3.63, 3.8) is 0 Å². The molecule has 0 atom stereocenters. The number of carbonyl (C=O) groups excluding carboxylic acids is 2. The summed E-state index contributed by atoms with van der Waals surface area (Å²) in [5.41, 5.74) is 0. The van der Waals surface area contributed by atoms with Crippen molar-refractivity contribution in [3.05, 3.63) is 18.5 Å². The molecule has 1 saturated carbocycles. The van der Waals surface area contributed by atoms with Gasteiger partial charge in [0, 0.05) is 63.5 Å². The van der Waals surface area contributed by atoms with Gasteiger partial charge in [0.25, 0.3) is 0 Å². The lowest BCUT2D eigenvalue weighted by molar-refractivity contribution is -0.144. The van der Waals surface area contributed by atoms with Crippen molar-refractivity contribution in [1.82, 2.24) is 19.8 Å². The first-order chi connectivity index (χ1) is 13.7. The molecule has 0 spiro atoms. The highest BCUT2D eigenvalue weighted by atomic mass is 16.5. The third kappa shape index (κ3) is 4.27. The molecule has 3 heterocycles. The Morgan fingerprint density at radius 2 is 1.29 bits per heavy atom. The SMILES string of the molecule is O=C(C1CCC(C(=O)N2CCN(c3ncccn3)CC2)CC1)N1CCOCC1. The monoisotopic (exact) mass is 387 g/mol. The predicted octanol–water partition coefficient (Wildman–Crippen LogP) is 0.790. The Morgan fingerprint density at radius 3 is 1.82 bits per heavy atom. The second kappa shape index (κ2) is 8.86. The first-order valence-corrected chi connectivity index (χ1v) is 10.4. The van der Waals surface area contributed by atoms with Crippen molar-refractivity contribution in [2.24, 2.45) is 11.8 Å². The molecule has 2 amide bonds. The Hall–Kier alpha value is -2.22. The highest BCUT2D eigenvalue weighted by molar-refractivity contribution is 5.81. The highest BCUT2D eigenvalue weighted by Crippen LogP contribution is 2.31. The summed E-state index contributed by atoms with van der Waals surface area (Å²) in [6.45, 7) is 5.63. The van der Waals surface area contributed by atoms with E-state index in [1.807, 2.05) is 15.9 Å². The Balaban J connectivity index is 1.24. The maximum Gasteiger partial charge on any atom is 0.225 e. The molecule has 2 aliphatic heterocycles. The second-order valence-electron chi connectivity index (χ2n) is 7.85. The van der Waals surface area contributed by atoms with Crippen LogP contribution in [-0.2, 0) is 14.3 Å². The molecular weight excluding hydrogens is 358 g/mol. The molecule has 2 saturated heterocycles. The summed E-state index contributed by atoms with van der Waals surface area (Å²) in [6, 6.07) is 1.81. The van der Waals surface area contributed by atoms with E-state index in [4.69, 9.17) is 4.74 Å². The van der Waals surface area contributed by atoms with Gasteiger partial charge in [0.15, 0.2) is 0 Å². The average molecular weight is 387 g/mol. The van der Waals surface area contributed by atoms with E-state index in [0.717, 1.165) is 44.7 Å². The van der Waals surface area contributed by atoms with Gasteiger partial charge in [-0.2, -0.15) is 0 Å². The molecule has 0 aromatic carbocycles. The Kier molecular flexibility index (Phi) is 6.04. The maximum atomic E-state index is 12.9. The van der Waals surface area contributed by atoms with Gasteiger partial charge in [-0.3, -0.25) is 9.59 Å². The molecular formula is C20H29N5O3. The molecule has 152 valence electrons. The van der Waals surface area contributed by atoms with E-state index < -0.39 is 0 Å². The van der Waals surface area contributed by atoms with E-state index in [1.54, 1.807) is 12.4 Å². The molecule has 1 aliphatic carbocycles. The van der Waals surface area contributed by atoms with Gasteiger partial charge in [0.2, 0.25) is 17.8 Å². The number of morpholine rings is 1. The number of rotatable bonds is 3. The quantitative estimate of drug-likeness (QED) is 0.763. The Labute approximate surface area is 165 Å². The van der Waals surface area contributed by atoms with Crippen LogP contribution < -0.4 is 4.90 Å². The number of hydrogen-bond acceptors (Lipinski definition) is 6. The lowest BCUT2D eigenvalue weighted by Gasteiger charge is -2.38. The summed E-state index contributed by atoms with van der Waals surface area (Å²) < 4.78 is 5.33. The molecule has 8 nitrogen and oxygen atoms in total. The van der Waals surface area contributed by atoms with Gasteiger partial charge in [0.05, 0.1) is 13.2 Å². The fourth-order valence-electron chi connectivity index (χ4n) is 4.47. The van der Waals surface area contributed by atoms with Crippen molar-refractivity contribution in [1.29, 1.82) is 0 Å². The zero-order valence-electron chi connectivity index (χ0n) is 16.3. The highest BCUT2D eigenvalue weighted by Gasteiger charge is 2.35. The van der Waals surface area contributed by atoms with Crippen LogP contribution in [0.15, 0.2) is 18.5 Å². The van der Waals surface area contributed by atoms with Crippen molar-refractivity contribution >= 4 is 17.8 Å². The minimum Gasteiger partial charge on any atom is -0.378 e. The minimum atomic E-state index is 0.0632. The molecule has 3 aliphatic rings. The number of hydrogen-bond donors (Lipinski definition) is 0. The zero-order valence-corrected chi connectivity index (χ0v) is 16.3. The summed E-state index contributed by atoms with van der Waals surface area (Å²) in [6.07, 6.45) is 6.78. The molecule has 0 radical (unpaired) electrons. The van der Waals surface area contributed by atoms with Crippen molar-refractivity contribution < 1.29 is 14.3 Å². The summed E-state index contributed by atoms with van der Waals surface area (Å²) in [5.74, 6) is 1.38. The molecule has 1 aromatic rings. The molecule has 8 heteroatoms. The largest absolute Gasteiger partial charge is 0.378 e. The third-order valence-electron chi connectivity index (χ3n) is 6.17. The number of aromatic nitrogens is 2. The van der Waals surface area contributed by atoms with Crippen LogP contribution in [0.3, 0.4) is 0 Å². The molecule has 0 unspecified atom stereocenters. The summed E-state index contributed by atoms with van der Waals surface area (Å²) in [5, 5.41) is 0. The molecule has 4 rings (SSSR count). The zero-order chi connectivity index (χ0) is 19.3. The van der Waals surface area contributed by atoms with Crippen LogP contribution >= 0.6 is 0 Å². The van der Waals surface area contributed by atoms with Gasteiger partial charge in [-0.25, -0.2) is 9.97 Å². The van der Waals surface area contributed by atoms with E-state index in [2.05, 4.69) is 14.9 Å². The van der Waals surface area contributed by atoms with Crippen LogP contribution in [0.1, 0.15) is 25.7 Å². The first-order valence-electron chi connectivity index (χ1n) is 10.4. The number of amides is 2. The van der Waals surface area contributed by atoms with E-state index in [1.165, 1.54) is 0 Å². The summed E-state index contributed by atoms with van der Waals surface area (Å²) in [7, 11) is 0. The lowest BCUT2D eigenvalue weighted by atomic mass is 9.80. The fourth-order valence-corrected chi connectivity index (χ4v) is 4.47. The van der Waals surface area contributed by atoms with Gasteiger partial charge < -0.3 is 19.4 Å². The minimum absolute atomic E-state index is 0.0632. The van der Waals surface area contributed by atoms with Crippen LogP contribution in [0.2, 0.25) is 0 Å². The number of piperazine rings is 1. The predicted molar refractivity (Wildman–Crippen MR) is 104 cm³/mol. The van der Waals surface area contributed by atoms with Gasteiger partial charge in [-0.05, 0) is 31.7 Å². The van der Waals surface area contributed by atoms with Gasteiger partial charge in [-0.15, -0.1) is 0 Å². The summed E-state index contributed by atoms with van der Waals surface area (Å²) in [4.78, 5) is 40.2. The van der Waals surface area contributed by atoms with E-state index >= 15 is 0 Å². The van der Waals surface area contributed by atoms with Crippen LogP contribution in [0, 0.1) is 11.8 Å². The molecule has 0 bridgehead atoms. The van der Waals surface area contributed by atoms with Gasteiger partial charge in [-0.1, -0.05) is 0 Å². The first kappa shape index (κ1) is 19.1. The number of carbonyl (C=O) groups is 2. The Morgan fingerprint density at radius 1 is 0.786 bits per heavy atom. The number of anilines is 1. The maximum absolute atomic E-state index is 12.9. The molecule has 0 N–H and O–H groups in total. The molecule has 28 heavy (non-hydrogen) atoms. The smallest absolute Gasteiger partial charge is 0.225 e. The second-order valence-corrected chi connectivity index (χ2v) is 7.85. The summed E-state index contributed by atoms with van der Waals surface area (Å²) >= 11 is 0. The number of ether oxygens (including phenoxy) is 1. The molecule has 3 fully saturated rings. The van der Waals surface area contributed by atoms with Crippen LogP contribution in [0.5, 0.6) is 0 Å². The van der Waals surface area contributed by atoms with Gasteiger partial charge >= 0.3 is 0 Å².